The number of nitrogens with one attached hydrogen (secondary N) is 1. The molecule has 25 heavy (non-hydrogen) atoms. The van der Waals surface area contributed by atoms with Crippen LogP contribution >= 0.6 is 11.3 Å². The third kappa shape index (κ3) is 4.00. The van der Waals surface area contributed by atoms with E-state index in [9.17, 15) is 9.65 Å². The van der Waals surface area contributed by atoms with Crippen LogP contribution in [0.4, 0.5) is 10.1 Å². The molecule has 0 amide bonds. The van der Waals surface area contributed by atoms with E-state index >= 15 is 0 Å². The van der Waals surface area contributed by atoms with Gasteiger partial charge >= 0.3 is 0 Å². The number of anilines is 1. The summed E-state index contributed by atoms with van der Waals surface area (Å²) in [4.78, 5) is 4.46. The monoisotopic (exact) mass is 352 g/mol. The molecule has 2 aromatic carbocycles. The molecule has 0 saturated carbocycles. The van der Waals surface area contributed by atoms with Gasteiger partial charge in [0, 0.05) is 10.9 Å². The molecule has 0 radical (unpaired) electrons. The summed E-state index contributed by atoms with van der Waals surface area (Å²) in [6, 6.07) is 15.2. The molecule has 0 aliphatic heterocycles. The third-order valence-corrected chi connectivity index (χ3v) is 4.19. The number of aromatic nitrogens is 1. The summed E-state index contributed by atoms with van der Waals surface area (Å²) in [5.74, 6) is 0.432. The average molecular weight is 352 g/mol. The Kier molecular flexibility index (Phi) is 5.02. The Labute approximate surface area is 148 Å². The van der Waals surface area contributed by atoms with Crippen LogP contribution in [0.25, 0.3) is 11.3 Å². The normalized spacial score (nSPS) is 11.0. The predicted octanol–water partition coefficient (Wildman–Crippen LogP) is 4.30. The topological polar surface area (TPSA) is 70.3 Å². The van der Waals surface area contributed by atoms with Crippen molar-refractivity contribution in [2.45, 2.75) is 0 Å². The fourth-order valence-electron chi connectivity index (χ4n) is 2.04. The number of ether oxygens (including phenoxy) is 1. The maximum atomic E-state index is 12.9. The van der Waals surface area contributed by atoms with E-state index in [1.165, 1.54) is 23.5 Å². The lowest BCUT2D eigenvalue weighted by molar-refractivity contribution is 0.415. The molecule has 0 aliphatic rings. The molecular weight excluding hydrogens is 339 g/mol. The number of hydrogen-bond donors (Lipinski definition) is 1. The van der Waals surface area contributed by atoms with Crippen molar-refractivity contribution in [3.63, 3.8) is 0 Å². The van der Waals surface area contributed by atoms with E-state index in [0.717, 1.165) is 17.0 Å². The van der Waals surface area contributed by atoms with Crippen molar-refractivity contribution in [1.82, 2.24) is 4.98 Å². The molecule has 7 heteroatoms. The first-order chi connectivity index (χ1) is 12.2. The molecule has 1 aromatic heterocycles. The first-order valence-electron chi connectivity index (χ1n) is 7.29. The highest BCUT2D eigenvalue weighted by atomic mass is 32.1. The number of thiazole rings is 1. The van der Waals surface area contributed by atoms with Crippen LogP contribution in [0.1, 0.15) is 5.01 Å². The molecular formula is C18H13FN4OS. The Hall–Kier alpha value is -3.24. The highest BCUT2D eigenvalue weighted by Crippen LogP contribution is 2.24. The fraction of sp³-hybridized carbons (Fsp3) is 0.0556. The summed E-state index contributed by atoms with van der Waals surface area (Å²) in [7, 11) is 1.61. The number of halogens is 1. The first-order valence-corrected chi connectivity index (χ1v) is 8.17. The van der Waals surface area contributed by atoms with Crippen LogP contribution in [0.15, 0.2) is 59.0 Å². The van der Waals surface area contributed by atoms with E-state index in [-0.39, 0.29) is 11.5 Å². The Morgan fingerprint density at radius 1 is 1.20 bits per heavy atom. The molecule has 0 fully saturated rings. The second-order valence-electron chi connectivity index (χ2n) is 4.96. The van der Waals surface area contributed by atoms with Gasteiger partial charge in [0.15, 0.2) is 10.7 Å². The van der Waals surface area contributed by atoms with E-state index in [4.69, 9.17) is 4.74 Å². The van der Waals surface area contributed by atoms with Gasteiger partial charge in [0.2, 0.25) is 0 Å². The van der Waals surface area contributed by atoms with Gasteiger partial charge < -0.3 is 4.74 Å². The van der Waals surface area contributed by atoms with Crippen LogP contribution in [0, 0.1) is 17.1 Å². The summed E-state index contributed by atoms with van der Waals surface area (Å²) in [5, 5.41) is 15.7. The van der Waals surface area contributed by atoms with E-state index in [1.54, 1.807) is 19.2 Å². The van der Waals surface area contributed by atoms with Crippen LogP contribution < -0.4 is 10.2 Å². The zero-order valence-corrected chi connectivity index (χ0v) is 14.0. The van der Waals surface area contributed by atoms with Crippen molar-refractivity contribution in [1.29, 1.82) is 5.26 Å². The van der Waals surface area contributed by atoms with Crippen LogP contribution in [0.3, 0.4) is 0 Å². The summed E-state index contributed by atoms with van der Waals surface area (Å²) in [6.45, 7) is 0. The molecule has 5 nitrogen and oxygen atoms in total. The van der Waals surface area contributed by atoms with Crippen LogP contribution in [0.2, 0.25) is 0 Å². The lowest BCUT2D eigenvalue weighted by Gasteiger charge is -2.01. The zero-order chi connectivity index (χ0) is 17.6. The molecule has 0 atom stereocenters. The number of methoxy groups -OCH3 is 1. The molecule has 3 rings (SSSR count). The van der Waals surface area contributed by atoms with Gasteiger partial charge in [0.05, 0.1) is 18.5 Å². The van der Waals surface area contributed by atoms with Gasteiger partial charge in [-0.3, -0.25) is 5.43 Å². The first kappa shape index (κ1) is 16.6. The van der Waals surface area contributed by atoms with Gasteiger partial charge in [-0.05, 0) is 48.5 Å². The standard InChI is InChI=1S/C18H13FN4OS/c1-24-15-8-2-12(3-9-15)17-11-25-18(21-17)16(10-20)23-22-14-6-4-13(19)5-7-14/h2-9,11,22H,1H3/b23-16+. The Morgan fingerprint density at radius 2 is 1.92 bits per heavy atom. The molecule has 0 unspecified atom stereocenters. The van der Waals surface area contributed by atoms with Crippen molar-refractivity contribution in [2.75, 3.05) is 12.5 Å². The molecule has 3 aromatic rings. The van der Waals surface area contributed by atoms with Gasteiger partial charge in [-0.25, -0.2) is 9.37 Å². The highest BCUT2D eigenvalue weighted by molar-refractivity contribution is 7.12. The molecule has 0 aliphatic carbocycles. The number of nitrogens with zero attached hydrogens (tertiary/aromatic N) is 3. The Balaban J connectivity index is 1.79. The van der Waals surface area contributed by atoms with Gasteiger partial charge in [-0.15, -0.1) is 11.3 Å². The smallest absolute Gasteiger partial charge is 0.196 e. The maximum Gasteiger partial charge on any atom is 0.196 e. The second kappa shape index (κ2) is 7.55. The minimum Gasteiger partial charge on any atom is -0.497 e. The zero-order valence-electron chi connectivity index (χ0n) is 13.2. The van der Waals surface area contributed by atoms with Gasteiger partial charge in [0.1, 0.15) is 17.6 Å². The maximum absolute atomic E-state index is 12.9. The molecule has 0 bridgehead atoms. The van der Waals surface area contributed by atoms with E-state index in [2.05, 4.69) is 15.5 Å². The van der Waals surface area contributed by atoms with Crippen molar-refractivity contribution in [3.05, 3.63) is 64.7 Å². The molecule has 1 N–H and O–H groups in total. The lowest BCUT2D eigenvalue weighted by Crippen LogP contribution is -2.01. The Bertz CT molecular complexity index is 927. The number of rotatable bonds is 5. The van der Waals surface area contributed by atoms with Gasteiger partial charge in [-0.2, -0.15) is 10.4 Å². The summed E-state index contributed by atoms with van der Waals surface area (Å²) in [5.41, 5.74) is 5.16. The SMILES string of the molecule is COc1ccc(-c2csc(/C(C#N)=N/Nc3ccc(F)cc3)n2)cc1. The van der Waals surface area contributed by atoms with Gasteiger partial charge in [-0.1, -0.05) is 0 Å². The summed E-state index contributed by atoms with van der Waals surface area (Å²) < 4.78 is 18.0. The highest BCUT2D eigenvalue weighted by Gasteiger charge is 2.10. The molecule has 124 valence electrons. The van der Waals surface area contributed by atoms with Crippen molar-refractivity contribution in [3.8, 4) is 23.1 Å². The number of nitriles is 1. The minimum absolute atomic E-state index is 0.161. The van der Waals surface area contributed by atoms with Crippen LogP contribution in [-0.4, -0.2) is 17.8 Å². The number of hydrazone groups is 1. The quantitative estimate of drug-likeness (QED) is 0.549. The molecule has 1 heterocycles. The average Bonchev–Trinajstić information content (AvgIpc) is 3.14. The lowest BCUT2D eigenvalue weighted by atomic mass is 10.2. The minimum atomic E-state index is -0.334. The number of benzene rings is 2. The Morgan fingerprint density at radius 3 is 2.56 bits per heavy atom. The summed E-state index contributed by atoms with van der Waals surface area (Å²) in [6.07, 6.45) is 0. The number of hydrogen-bond acceptors (Lipinski definition) is 6. The van der Waals surface area contributed by atoms with E-state index < -0.39 is 0 Å². The van der Waals surface area contributed by atoms with Crippen LogP contribution in [0.5, 0.6) is 5.75 Å². The third-order valence-electron chi connectivity index (χ3n) is 3.34. The van der Waals surface area contributed by atoms with E-state index in [1.807, 2.05) is 35.7 Å². The van der Waals surface area contributed by atoms with E-state index in [0.29, 0.717) is 10.7 Å². The largest absolute Gasteiger partial charge is 0.497 e. The predicted molar refractivity (Wildman–Crippen MR) is 96.3 cm³/mol. The molecule has 0 spiro atoms. The summed E-state index contributed by atoms with van der Waals surface area (Å²) >= 11 is 1.33. The van der Waals surface area contributed by atoms with Crippen molar-refractivity contribution < 1.29 is 9.13 Å². The second-order valence-corrected chi connectivity index (χ2v) is 5.82. The van der Waals surface area contributed by atoms with Crippen molar-refractivity contribution >= 4 is 22.7 Å². The van der Waals surface area contributed by atoms with Crippen LogP contribution in [-0.2, 0) is 0 Å². The fourth-order valence-corrected chi connectivity index (χ4v) is 2.81. The molecule has 0 saturated heterocycles. The van der Waals surface area contributed by atoms with Crippen molar-refractivity contribution in [2.24, 2.45) is 5.10 Å². The van der Waals surface area contributed by atoms with Gasteiger partial charge in [0.25, 0.3) is 0 Å².